The number of carbonyl (C=O) groups is 2. The highest BCUT2D eigenvalue weighted by Crippen LogP contribution is 2.40. The molecule has 0 atom stereocenters. The van der Waals surface area contributed by atoms with Gasteiger partial charge in [-0.1, -0.05) is 0 Å². The molecule has 4 rings (SSSR count). The predicted molar refractivity (Wildman–Crippen MR) is 135 cm³/mol. The van der Waals surface area contributed by atoms with Gasteiger partial charge in [0.1, 0.15) is 11.2 Å². The Hall–Kier alpha value is -3.59. The molecule has 9 nitrogen and oxygen atoms in total. The molecule has 0 fully saturated rings. The van der Waals surface area contributed by atoms with Crippen molar-refractivity contribution >= 4 is 34.2 Å². The summed E-state index contributed by atoms with van der Waals surface area (Å²) in [5.41, 5.74) is 0.479. The molecule has 0 saturated carbocycles. The fourth-order valence-electron chi connectivity index (χ4n) is 4.35. The topological polar surface area (TPSA) is 97.0 Å². The Morgan fingerprint density at radius 1 is 1.03 bits per heavy atom. The SMILES string of the molecule is CCN1C(=O)C(C)(C)C(=O)N(C)c2cc(OCCCNCCn3ccc4ccoc4c3=O)ccc21. The minimum atomic E-state index is -1.13. The maximum absolute atomic E-state index is 13.0. The normalized spacial score (nSPS) is 15.4. The zero-order valence-electron chi connectivity index (χ0n) is 20.7. The van der Waals surface area contributed by atoms with Crippen LogP contribution in [0.25, 0.3) is 11.0 Å². The van der Waals surface area contributed by atoms with Crippen molar-refractivity contribution < 1.29 is 18.7 Å². The average molecular weight is 481 g/mol. The van der Waals surface area contributed by atoms with E-state index in [4.69, 9.17) is 9.15 Å². The molecule has 1 N–H and O–H groups in total. The predicted octanol–water partition coefficient (Wildman–Crippen LogP) is 3.01. The van der Waals surface area contributed by atoms with Gasteiger partial charge in [-0.2, -0.15) is 0 Å². The number of benzene rings is 1. The molecule has 0 unspecified atom stereocenters. The van der Waals surface area contributed by atoms with E-state index in [1.165, 1.54) is 6.26 Å². The number of fused-ring (bicyclic) bond motifs is 2. The fraction of sp³-hybridized carbons (Fsp3) is 0.423. The summed E-state index contributed by atoms with van der Waals surface area (Å²) in [5, 5.41) is 4.13. The molecule has 3 aromatic rings. The summed E-state index contributed by atoms with van der Waals surface area (Å²) in [7, 11) is 1.69. The Morgan fingerprint density at radius 3 is 2.60 bits per heavy atom. The number of pyridine rings is 1. The van der Waals surface area contributed by atoms with E-state index < -0.39 is 5.41 Å². The number of carbonyl (C=O) groups excluding carboxylic acids is 2. The van der Waals surface area contributed by atoms with E-state index in [9.17, 15) is 14.4 Å². The lowest BCUT2D eigenvalue weighted by Gasteiger charge is -2.27. The number of anilines is 2. The Labute approximate surface area is 204 Å². The number of hydrogen-bond acceptors (Lipinski definition) is 6. The van der Waals surface area contributed by atoms with Gasteiger partial charge in [0.05, 0.1) is 24.2 Å². The molecular formula is C26H32N4O5. The first-order chi connectivity index (χ1) is 16.8. The first-order valence-corrected chi connectivity index (χ1v) is 11.9. The number of hydrogen-bond donors (Lipinski definition) is 1. The van der Waals surface area contributed by atoms with E-state index in [-0.39, 0.29) is 17.4 Å². The summed E-state index contributed by atoms with van der Waals surface area (Å²) < 4.78 is 12.8. The maximum atomic E-state index is 13.0. The molecule has 0 aliphatic carbocycles. The largest absolute Gasteiger partial charge is 0.493 e. The van der Waals surface area contributed by atoms with Crippen LogP contribution < -0.4 is 25.4 Å². The lowest BCUT2D eigenvalue weighted by atomic mass is 9.90. The second-order valence-electron chi connectivity index (χ2n) is 9.16. The van der Waals surface area contributed by atoms with Gasteiger partial charge < -0.3 is 28.8 Å². The standard InChI is InChI=1S/C26H32N4O5/c1-5-30-20-8-7-19(17-21(20)28(4)24(32)26(2,3)25(30)33)34-15-6-11-27-12-14-29-13-9-18-10-16-35-22(18)23(29)31/h7-10,13,16-17,27H,5-6,11-12,14-15H2,1-4H3. The highest BCUT2D eigenvalue weighted by atomic mass is 16.5. The van der Waals surface area contributed by atoms with Crippen molar-refractivity contribution in [1.29, 1.82) is 0 Å². The molecule has 0 spiro atoms. The Kier molecular flexibility index (Phi) is 6.98. The van der Waals surface area contributed by atoms with Crippen molar-refractivity contribution in [1.82, 2.24) is 9.88 Å². The van der Waals surface area contributed by atoms with Gasteiger partial charge in [-0.15, -0.1) is 0 Å². The maximum Gasteiger partial charge on any atom is 0.294 e. The minimum absolute atomic E-state index is 0.129. The summed E-state index contributed by atoms with van der Waals surface area (Å²) in [6.07, 6.45) is 4.07. The molecule has 3 heterocycles. The summed E-state index contributed by atoms with van der Waals surface area (Å²) in [4.78, 5) is 41.5. The van der Waals surface area contributed by atoms with Crippen LogP contribution in [0.1, 0.15) is 27.2 Å². The molecule has 9 heteroatoms. The second-order valence-corrected chi connectivity index (χ2v) is 9.16. The van der Waals surface area contributed by atoms with E-state index in [0.29, 0.717) is 48.9 Å². The number of nitrogens with zero attached hydrogens (tertiary/aromatic N) is 3. The molecule has 2 aromatic heterocycles. The second kappa shape index (κ2) is 9.95. The van der Waals surface area contributed by atoms with E-state index in [2.05, 4.69) is 5.32 Å². The number of nitrogens with one attached hydrogen (secondary N) is 1. The van der Waals surface area contributed by atoms with Gasteiger partial charge >= 0.3 is 0 Å². The summed E-state index contributed by atoms with van der Waals surface area (Å²) in [6.45, 7) is 8.12. The van der Waals surface area contributed by atoms with Crippen LogP contribution in [0, 0.1) is 5.41 Å². The zero-order valence-corrected chi connectivity index (χ0v) is 20.7. The minimum Gasteiger partial charge on any atom is -0.493 e. The van der Waals surface area contributed by atoms with Gasteiger partial charge in [-0.3, -0.25) is 14.4 Å². The number of ether oxygens (including phenoxy) is 1. The van der Waals surface area contributed by atoms with Gasteiger partial charge in [0.2, 0.25) is 11.8 Å². The Bertz CT molecular complexity index is 1290. The number of rotatable bonds is 9. The van der Waals surface area contributed by atoms with Crippen molar-refractivity contribution in [2.24, 2.45) is 5.41 Å². The van der Waals surface area contributed by atoms with Crippen LogP contribution in [-0.2, 0) is 16.1 Å². The fourth-order valence-corrected chi connectivity index (χ4v) is 4.35. The van der Waals surface area contributed by atoms with Crippen LogP contribution >= 0.6 is 0 Å². The third kappa shape index (κ3) is 4.68. The highest BCUT2D eigenvalue weighted by Gasteiger charge is 2.45. The lowest BCUT2D eigenvalue weighted by Crippen LogP contribution is -2.47. The number of aromatic nitrogens is 1. The van der Waals surface area contributed by atoms with E-state index in [1.54, 1.807) is 47.5 Å². The van der Waals surface area contributed by atoms with Gasteiger partial charge in [-0.25, -0.2) is 0 Å². The Balaban J connectivity index is 1.29. The van der Waals surface area contributed by atoms with Crippen molar-refractivity contribution in [3.8, 4) is 5.75 Å². The molecule has 1 aliphatic rings. The average Bonchev–Trinajstić information content (AvgIpc) is 3.32. The van der Waals surface area contributed by atoms with Crippen molar-refractivity contribution in [3.63, 3.8) is 0 Å². The summed E-state index contributed by atoms with van der Waals surface area (Å²) >= 11 is 0. The third-order valence-corrected chi connectivity index (χ3v) is 6.42. The number of amides is 2. The lowest BCUT2D eigenvalue weighted by molar-refractivity contribution is -0.137. The van der Waals surface area contributed by atoms with Crippen LogP contribution in [-0.4, -0.2) is 49.7 Å². The van der Waals surface area contributed by atoms with Crippen LogP contribution in [0.2, 0.25) is 0 Å². The first-order valence-electron chi connectivity index (χ1n) is 11.9. The van der Waals surface area contributed by atoms with Gasteiger partial charge in [0.25, 0.3) is 5.56 Å². The summed E-state index contributed by atoms with van der Waals surface area (Å²) in [6, 6.07) is 9.13. The molecule has 1 aliphatic heterocycles. The molecular weight excluding hydrogens is 448 g/mol. The quantitative estimate of drug-likeness (QED) is 0.374. The molecule has 0 saturated heterocycles. The van der Waals surface area contributed by atoms with Gasteiger partial charge in [0, 0.05) is 44.3 Å². The van der Waals surface area contributed by atoms with Crippen molar-refractivity contribution in [2.45, 2.75) is 33.7 Å². The molecule has 0 bridgehead atoms. The van der Waals surface area contributed by atoms with Crippen LogP contribution in [0.4, 0.5) is 11.4 Å². The molecule has 2 amide bonds. The third-order valence-electron chi connectivity index (χ3n) is 6.42. The first kappa shape index (κ1) is 24.5. The molecule has 186 valence electrons. The Morgan fingerprint density at radius 2 is 1.83 bits per heavy atom. The molecule has 35 heavy (non-hydrogen) atoms. The molecule has 1 aromatic carbocycles. The van der Waals surface area contributed by atoms with E-state index >= 15 is 0 Å². The van der Waals surface area contributed by atoms with Crippen molar-refractivity contribution in [2.75, 3.05) is 43.1 Å². The van der Waals surface area contributed by atoms with Crippen LogP contribution in [0.15, 0.2) is 52.0 Å². The highest BCUT2D eigenvalue weighted by molar-refractivity contribution is 6.20. The van der Waals surface area contributed by atoms with Gasteiger partial charge in [0.15, 0.2) is 5.58 Å². The van der Waals surface area contributed by atoms with Crippen LogP contribution in [0.3, 0.4) is 0 Å². The number of furan rings is 1. The van der Waals surface area contributed by atoms with E-state index in [1.807, 2.05) is 31.2 Å². The van der Waals surface area contributed by atoms with Gasteiger partial charge in [-0.05, 0) is 58.0 Å². The van der Waals surface area contributed by atoms with Crippen LogP contribution in [0.5, 0.6) is 5.75 Å². The smallest absolute Gasteiger partial charge is 0.294 e. The molecule has 0 radical (unpaired) electrons. The monoisotopic (exact) mass is 480 g/mol. The van der Waals surface area contributed by atoms with E-state index in [0.717, 1.165) is 18.4 Å². The summed E-state index contributed by atoms with van der Waals surface area (Å²) in [5.74, 6) is 0.193. The zero-order chi connectivity index (χ0) is 25.2. The van der Waals surface area contributed by atoms with Crippen molar-refractivity contribution in [3.05, 3.63) is 53.1 Å².